The SMILES string of the molecule is NCc1nn(-c2ccccc2F)c(=O)[nH]1. The first-order valence-corrected chi connectivity index (χ1v) is 4.35. The van der Waals surface area contributed by atoms with Gasteiger partial charge in [-0.25, -0.2) is 9.18 Å². The zero-order chi connectivity index (χ0) is 10.8. The summed E-state index contributed by atoms with van der Waals surface area (Å²) in [6.07, 6.45) is 0. The van der Waals surface area contributed by atoms with Gasteiger partial charge in [0.1, 0.15) is 17.3 Å². The predicted octanol–water partition coefficient (Wildman–Crippen LogP) is 0.158. The standard InChI is InChI=1S/C9H9FN4O/c10-6-3-1-2-4-7(6)14-9(15)12-8(5-11)13-14/h1-4H,5,11H2,(H,12,13,15). The molecule has 5 nitrogen and oxygen atoms in total. The van der Waals surface area contributed by atoms with Crippen molar-refractivity contribution in [3.8, 4) is 5.69 Å². The summed E-state index contributed by atoms with van der Waals surface area (Å²) >= 11 is 0. The van der Waals surface area contributed by atoms with E-state index in [0.29, 0.717) is 5.82 Å². The van der Waals surface area contributed by atoms with E-state index in [1.165, 1.54) is 12.1 Å². The molecule has 0 fully saturated rings. The third-order valence-electron chi connectivity index (χ3n) is 1.94. The minimum atomic E-state index is -0.505. The van der Waals surface area contributed by atoms with Crippen LogP contribution >= 0.6 is 0 Å². The minimum absolute atomic E-state index is 0.108. The normalized spacial score (nSPS) is 10.5. The van der Waals surface area contributed by atoms with Gasteiger partial charge in [0.05, 0.1) is 6.54 Å². The van der Waals surface area contributed by atoms with Gasteiger partial charge in [-0.2, -0.15) is 4.68 Å². The molecule has 0 atom stereocenters. The average Bonchev–Trinajstić information content (AvgIpc) is 2.60. The van der Waals surface area contributed by atoms with E-state index in [2.05, 4.69) is 10.1 Å². The largest absolute Gasteiger partial charge is 0.348 e. The Bertz CT molecular complexity index is 531. The second-order valence-electron chi connectivity index (χ2n) is 2.94. The number of benzene rings is 1. The van der Waals surface area contributed by atoms with E-state index in [1.54, 1.807) is 12.1 Å². The molecule has 1 heterocycles. The minimum Gasteiger partial charge on any atom is -0.324 e. The van der Waals surface area contributed by atoms with Gasteiger partial charge < -0.3 is 5.73 Å². The molecular formula is C9H9FN4O. The van der Waals surface area contributed by atoms with Crippen LogP contribution in [-0.4, -0.2) is 14.8 Å². The molecule has 2 aromatic rings. The molecule has 6 heteroatoms. The van der Waals surface area contributed by atoms with Crippen molar-refractivity contribution in [1.29, 1.82) is 0 Å². The zero-order valence-electron chi connectivity index (χ0n) is 7.77. The maximum Gasteiger partial charge on any atom is 0.348 e. The fourth-order valence-electron chi connectivity index (χ4n) is 1.25. The highest BCUT2D eigenvalue weighted by atomic mass is 19.1. The highest BCUT2D eigenvalue weighted by Gasteiger charge is 2.09. The first-order chi connectivity index (χ1) is 7.22. The van der Waals surface area contributed by atoms with Crippen LogP contribution in [0.5, 0.6) is 0 Å². The summed E-state index contributed by atoms with van der Waals surface area (Å²) in [6.45, 7) is 0.108. The Hall–Kier alpha value is -1.95. The van der Waals surface area contributed by atoms with Gasteiger partial charge in [0.2, 0.25) is 0 Å². The zero-order valence-corrected chi connectivity index (χ0v) is 7.77. The number of aromatic nitrogens is 3. The number of halogens is 1. The van der Waals surface area contributed by atoms with Crippen molar-refractivity contribution in [3.63, 3.8) is 0 Å². The lowest BCUT2D eigenvalue weighted by Crippen LogP contribution is -2.17. The number of hydrogen-bond acceptors (Lipinski definition) is 3. The molecule has 3 N–H and O–H groups in total. The van der Waals surface area contributed by atoms with E-state index in [4.69, 9.17) is 5.73 Å². The molecule has 2 rings (SSSR count). The Kier molecular flexibility index (Phi) is 2.34. The van der Waals surface area contributed by atoms with Gasteiger partial charge in [-0.15, -0.1) is 5.10 Å². The Morgan fingerprint density at radius 3 is 2.80 bits per heavy atom. The quantitative estimate of drug-likeness (QED) is 0.738. The molecule has 1 aromatic heterocycles. The summed E-state index contributed by atoms with van der Waals surface area (Å²) in [5.74, 6) is -0.182. The molecular weight excluding hydrogens is 199 g/mol. The molecule has 0 aliphatic rings. The monoisotopic (exact) mass is 208 g/mol. The van der Waals surface area contributed by atoms with Gasteiger partial charge in [0, 0.05) is 0 Å². The van der Waals surface area contributed by atoms with Gasteiger partial charge in [-0.05, 0) is 12.1 Å². The van der Waals surface area contributed by atoms with Crippen molar-refractivity contribution < 1.29 is 4.39 Å². The van der Waals surface area contributed by atoms with Gasteiger partial charge >= 0.3 is 5.69 Å². The summed E-state index contributed by atoms with van der Waals surface area (Å²) in [7, 11) is 0. The second kappa shape index (κ2) is 3.66. The van der Waals surface area contributed by atoms with Crippen molar-refractivity contribution in [2.24, 2.45) is 5.73 Å². The molecule has 0 aliphatic heterocycles. The predicted molar refractivity (Wildman–Crippen MR) is 52.0 cm³/mol. The van der Waals surface area contributed by atoms with Crippen LogP contribution in [0.3, 0.4) is 0 Å². The smallest absolute Gasteiger partial charge is 0.324 e. The molecule has 0 saturated heterocycles. The molecule has 0 spiro atoms. The number of para-hydroxylation sites is 1. The summed E-state index contributed by atoms with van der Waals surface area (Å²) in [5.41, 5.74) is 4.92. The van der Waals surface area contributed by atoms with Crippen LogP contribution < -0.4 is 11.4 Å². The van der Waals surface area contributed by atoms with Crippen molar-refractivity contribution in [1.82, 2.24) is 14.8 Å². The molecule has 15 heavy (non-hydrogen) atoms. The van der Waals surface area contributed by atoms with Crippen LogP contribution in [0.1, 0.15) is 5.82 Å². The third-order valence-corrected chi connectivity index (χ3v) is 1.94. The highest BCUT2D eigenvalue weighted by Crippen LogP contribution is 2.08. The maximum absolute atomic E-state index is 13.3. The van der Waals surface area contributed by atoms with Crippen LogP contribution in [-0.2, 0) is 6.54 Å². The third kappa shape index (κ3) is 1.66. The summed E-state index contributed by atoms with van der Waals surface area (Å²) in [5, 5.41) is 3.84. The fraction of sp³-hybridized carbons (Fsp3) is 0.111. The molecule has 0 bridgehead atoms. The van der Waals surface area contributed by atoms with Gasteiger partial charge in [-0.3, -0.25) is 4.98 Å². The van der Waals surface area contributed by atoms with Crippen molar-refractivity contribution in [2.75, 3.05) is 0 Å². The van der Waals surface area contributed by atoms with Gasteiger partial charge in [0.25, 0.3) is 0 Å². The van der Waals surface area contributed by atoms with Crippen LogP contribution in [0.25, 0.3) is 5.69 Å². The Morgan fingerprint density at radius 2 is 2.20 bits per heavy atom. The molecule has 0 unspecified atom stereocenters. The van der Waals surface area contributed by atoms with E-state index in [9.17, 15) is 9.18 Å². The number of H-pyrrole nitrogens is 1. The van der Waals surface area contributed by atoms with Crippen LogP contribution in [0.2, 0.25) is 0 Å². The lowest BCUT2D eigenvalue weighted by Gasteiger charge is -1.99. The van der Waals surface area contributed by atoms with Crippen molar-refractivity contribution >= 4 is 0 Å². The molecule has 78 valence electrons. The van der Waals surface area contributed by atoms with E-state index in [0.717, 1.165) is 4.68 Å². The van der Waals surface area contributed by atoms with Crippen molar-refractivity contribution in [3.05, 3.63) is 46.4 Å². The summed E-state index contributed by atoms with van der Waals surface area (Å²) in [4.78, 5) is 13.8. The molecule has 0 aliphatic carbocycles. The number of hydrogen-bond donors (Lipinski definition) is 2. The van der Waals surface area contributed by atoms with E-state index >= 15 is 0 Å². The molecule has 0 radical (unpaired) electrons. The first kappa shape index (κ1) is 9.60. The number of rotatable bonds is 2. The van der Waals surface area contributed by atoms with E-state index in [-0.39, 0.29) is 12.2 Å². The maximum atomic E-state index is 13.3. The number of aromatic amines is 1. The first-order valence-electron chi connectivity index (χ1n) is 4.35. The summed E-state index contributed by atoms with van der Waals surface area (Å²) < 4.78 is 14.3. The Balaban J connectivity index is 2.59. The molecule has 0 saturated carbocycles. The number of nitrogens with zero attached hydrogens (tertiary/aromatic N) is 2. The Labute approximate surface area is 84.3 Å². The highest BCUT2D eigenvalue weighted by molar-refractivity contribution is 5.31. The lowest BCUT2D eigenvalue weighted by molar-refractivity contribution is 0.607. The fourth-order valence-corrected chi connectivity index (χ4v) is 1.25. The molecule has 1 aromatic carbocycles. The van der Waals surface area contributed by atoms with E-state index in [1.807, 2.05) is 0 Å². The molecule has 0 amide bonds. The Morgan fingerprint density at radius 1 is 1.47 bits per heavy atom. The van der Waals surface area contributed by atoms with Gasteiger partial charge in [-0.1, -0.05) is 12.1 Å². The van der Waals surface area contributed by atoms with Crippen molar-refractivity contribution in [2.45, 2.75) is 6.54 Å². The second-order valence-corrected chi connectivity index (χ2v) is 2.94. The number of nitrogens with one attached hydrogen (secondary N) is 1. The van der Waals surface area contributed by atoms with Gasteiger partial charge in [0.15, 0.2) is 0 Å². The summed E-state index contributed by atoms with van der Waals surface area (Å²) in [6, 6.07) is 5.90. The van der Waals surface area contributed by atoms with E-state index < -0.39 is 11.5 Å². The number of nitrogens with two attached hydrogens (primary N) is 1. The van der Waals surface area contributed by atoms with Crippen LogP contribution in [0.4, 0.5) is 4.39 Å². The van der Waals surface area contributed by atoms with Crippen LogP contribution in [0, 0.1) is 5.82 Å². The average molecular weight is 208 g/mol. The van der Waals surface area contributed by atoms with Crippen LogP contribution in [0.15, 0.2) is 29.1 Å². The topological polar surface area (TPSA) is 76.7 Å². The lowest BCUT2D eigenvalue weighted by atomic mass is 10.3.